The number of carbonyl (C=O) groups is 1. The van der Waals surface area contributed by atoms with Crippen molar-refractivity contribution >= 4 is 16.0 Å². The highest BCUT2D eigenvalue weighted by molar-refractivity contribution is 7.89. The fourth-order valence-electron chi connectivity index (χ4n) is 2.99. The van der Waals surface area contributed by atoms with Crippen LogP contribution in [0.25, 0.3) is 11.1 Å². The molecule has 2 rings (SSSR count). The van der Waals surface area contributed by atoms with E-state index >= 15 is 0 Å². The molecule has 0 radical (unpaired) electrons. The molecule has 1 unspecified atom stereocenters. The number of aliphatic carboxylic acids is 1. The number of benzene rings is 2. The summed E-state index contributed by atoms with van der Waals surface area (Å²) in [6, 6.07) is 6.50. The van der Waals surface area contributed by atoms with E-state index in [2.05, 4.69) is 0 Å². The Balaban J connectivity index is 2.32. The maximum atomic E-state index is 13.9. The van der Waals surface area contributed by atoms with E-state index in [1.807, 2.05) is 5.32 Å². The van der Waals surface area contributed by atoms with Gasteiger partial charge in [0.05, 0.1) is 4.90 Å². The van der Waals surface area contributed by atoms with Crippen molar-refractivity contribution in [2.45, 2.75) is 49.1 Å². The van der Waals surface area contributed by atoms with Crippen molar-refractivity contribution < 1.29 is 35.9 Å². The van der Waals surface area contributed by atoms with Crippen molar-refractivity contribution in [3.63, 3.8) is 0 Å². The number of halogens is 4. The van der Waals surface area contributed by atoms with Gasteiger partial charge in [-0.05, 0) is 42.7 Å². The number of carboxylic acid groups (broad SMARTS) is 1. The summed E-state index contributed by atoms with van der Waals surface area (Å²) in [7, 11) is -3.88. The quantitative estimate of drug-likeness (QED) is 0.517. The molecule has 0 fully saturated rings. The fourth-order valence-corrected chi connectivity index (χ4v) is 3.50. The molecule has 2 aromatic rings. The van der Waals surface area contributed by atoms with Crippen molar-refractivity contribution in [2.24, 2.45) is 5.14 Å². The smallest absolute Gasteiger partial charge is 0.407 e. The van der Waals surface area contributed by atoms with Gasteiger partial charge in [0.25, 0.3) is 0 Å². The highest BCUT2D eigenvalue weighted by atomic mass is 32.2. The Hall–Kier alpha value is -2.50. The number of rotatable bonds is 8. The summed E-state index contributed by atoms with van der Waals surface area (Å²) in [6.07, 6.45) is -5.48. The zero-order valence-electron chi connectivity index (χ0n) is 16.7. The zero-order valence-corrected chi connectivity index (χ0v) is 17.5. The number of hydrogen-bond acceptors (Lipinski definition) is 4. The van der Waals surface area contributed by atoms with Crippen molar-refractivity contribution in [1.29, 1.82) is 0 Å². The molecule has 0 saturated heterocycles. The van der Waals surface area contributed by atoms with Gasteiger partial charge < -0.3 is 5.11 Å². The molecular formula is C20H22F4N2O4S. The molecule has 11 heteroatoms. The van der Waals surface area contributed by atoms with Gasteiger partial charge in [-0.25, -0.2) is 17.9 Å². The van der Waals surface area contributed by atoms with Crippen LogP contribution in [-0.4, -0.2) is 37.4 Å². The average molecular weight is 462 g/mol. The third kappa shape index (κ3) is 7.01. The molecule has 0 amide bonds. The van der Waals surface area contributed by atoms with Crippen molar-refractivity contribution in [3.05, 3.63) is 54.1 Å². The molecule has 0 aliphatic heterocycles. The zero-order chi connectivity index (χ0) is 23.6. The van der Waals surface area contributed by atoms with Gasteiger partial charge in [0.15, 0.2) is 0 Å². The van der Waals surface area contributed by atoms with Crippen LogP contribution in [0.2, 0.25) is 0 Å². The lowest BCUT2D eigenvalue weighted by Gasteiger charge is -2.28. The summed E-state index contributed by atoms with van der Waals surface area (Å²) in [5, 5.41) is 16.3. The summed E-state index contributed by atoms with van der Waals surface area (Å²) >= 11 is 0. The molecule has 2 aromatic carbocycles. The number of nitrogens with one attached hydrogen (secondary N) is 1. The number of primary sulfonamides is 1. The SMILES string of the molecule is CC(C)(F)CC(N[C@@H](c1ccc(-c2ccc(S(N)(=O)=O)cc2)cc1)C(F)(F)F)C(=O)O. The predicted molar refractivity (Wildman–Crippen MR) is 106 cm³/mol. The predicted octanol–water partition coefficient (Wildman–Crippen LogP) is 3.79. The van der Waals surface area contributed by atoms with Crippen LogP contribution in [0, 0.1) is 0 Å². The standard InChI is InChI=1S/C20H22F4N2O4S/c1-19(2,21)11-16(18(27)28)26-17(20(22,23)24)14-5-3-12(4-6-14)13-7-9-15(10-8-13)31(25,29)30/h3-10,16-17,26H,11H2,1-2H3,(H,27,28)(H2,25,29,30)/t16?,17-/m0/s1. The molecule has 0 aliphatic carbocycles. The fraction of sp³-hybridized carbons (Fsp3) is 0.350. The normalized spacial score (nSPS) is 14.8. The first kappa shape index (κ1) is 24.8. The minimum Gasteiger partial charge on any atom is -0.480 e. The molecule has 170 valence electrons. The van der Waals surface area contributed by atoms with Gasteiger partial charge in [0.1, 0.15) is 17.8 Å². The Labute approximate surface area is 177 Å². The number of sulfonamides is 1. The van der Waals surface area contributed by atoms with Crippen LogP contribution in [0.5, 0.6) is 0 Å². The van der Waals surface area contributed by atoms with Crippen molar-refractivity contribution in [3.8, 4) is 11.1 Å². The first-order valence-electron chi connectivity index (χ1n) is 9.05. The van der Waals surface area contributed by atoms with Crippen LogP contribution in [0.15, 0.2) is 53.4 Å². The monoisotopic (exact) mass is 462 g/mol. The van der Waals surface area contributed by atoms with Crippen LogP contribution in [0.4, 0.5) is 17.6 Å². The molecule has 31 heavy (non-hydrogen) atoms. The molecule has 4 N–H and O–H groups in total. The highest BCUT2D eigenvalue weighted by Crippen LogP contribution is 2.35. The second-order valence-electron chi connectivity index (χ2n) is 7.65. The number of alkyl halides is 4. The van der Waals surface area contributed by atoms with Crippen LogP contribution in [0.3, 0.4) is 0 Å². The molecule has 6 nitrogen and oxygen atoms in total. The lowest BCUT2D eigenvalue weighted by molar-refractivity contribution is -0.164. The number of carboxylic acids is 1. The second kappa shape index (κ2) is 8.93. The molecule has 0 aliphatic rings. The van der Waals surface area contributed by atoms with Gasteiger partial charge in [-0.15, -0.1) is 0 Å². The Morgan fingerprint density at radius 2 is 1.45 bits per heavy atom. The van der Waals surface area contributed by atoms with E-state index in [1.54, 1.807) is 0 Å². The van der Waals surface area contributed by atoms with E-state index in [0.717, 1.165) is 13.8 Å². The average Bonchev–Trinajstić information content (AvgIpc) is 2.62. The summed E-state index contributed by atoms with van der Waals surface area (Å²) in [5.74, 6) is -1.59. The Morgan fingerprint density at radius 1 is 1.00 bits per heavy atom. The van der Waals surface area contributed by atoms with Crippen LogP contribution < -0.4 is 10.5 Å². The van der Waals surface area contributed by atoms with E-state index in [9.17, 15) is 35.9 Å². The summed E-state index contributed by atoms with van der Waals surface area (Å²) < 4.78 is 77.4. The van der Waals surface area contributed by atoms with E-state index in [-0.39, 0.29) is 10.5 Å². The summed E-state index contributed by atoms with van der Waals surface area (Å²) in [4.78, 5) is 11.3. The first-order chi connectivity index (χ1) is 14.1. The summed E-state index contributed by atoms with van der Waals surface area (Å²) in [5.41, 5.74) is -1.19. The van der Waals surface area contributed by atoms with Gasteiger partial charge in [0.2, 0.25) is 10.0 Å². The highest BCUT2D eigenvalue weighted by Gasteiger charge is 2.43. The molecule has 0 bridgehead atoms. The van der Waals surface area contributed by atoms with Crippen molar-refractivity contribution in [2.75, 3.05) is 0 Å². The lowest BCUT2D eigenvalue weighted by atomic mass is 9.97. The lowest BCUT2D eigenvalue weighted by Crippen LogP contribution is -2.47. The molecule has 0 spiro atoms. The van der Waals surface area contributed by atoms with Crippen LogP contribution in [-0.2, 0) is 14.8 Å². The van der Waals surface area contributed by atoms with E-state index in [1.165, 1.54) is 48.5 Å². The van der Waals surface area contributed by atoms with Gasteiger partial charge >= 0.3 is 12.1 Å². The number of nitrogens with two attached hydrogens (primary N) is 1. The largest absolute Gasteiger partial charge is 0.480 e. The maximum Gasteiger partial charge on any atom is 0.407 e. The van der Waals surface area contributed by atoms with E-state index in [4.69, 9.17) is 5.14 Å². The van der Waals surface area contributed by atoms with Gasteiger partial charge in [-0.1, -0.05) is 36.4 Å². The molecule has 0 heterocycles. The molecule has 0 aromatic heterocycles. The minimum absolute atomic E-state index is 0.107. The second-order valence-corrected chi connectivity index (χ2v) is 9.21. The van der Waals surface area contributed by atoms with E-state index in [0.29, 0.717) is 11.1 Å². The third-order valence-corrected chi connectivity index (χ3v) is 5.37. The molecule has 0 saturated carbocycles. The number of hydrogen-bond donors (Lipinski definition) is 3. The van der Waals surface area contributed by atoms with Crippen LogP contribution in [0.1, 0.15) is 31.9 Å². The van der Waals surface area contributed by atoms with Gasteiger partial charge in [-0.3, -0.25) is 10.1 Å². The summed E-state index contributed by atoms with van der Waals surface area (Å²) in [6.45, 7) is 2.17. The maximum absolute atomic E-state index is 13.9. The third-order valence-electron chi connectivity index (χ3n) is 4.44. The Morgan fingerprint density at radius 3 is 1.81 bits per heavy atom. The van der Waals surface area contributed by atoms with E-state index < -0.39 is 46.3 Å². The van der Waals surface area contributed by atoms with Gasteiger partial charge in [-0.2, -0.15) is 13.2 Å². The minimum atomic E-state index is -4.83. The van der Waals surface area contributed by atoms with Crippen molar-refractivity contribution in [1.82, 2.24) is 5.32 Å². The first-order valence-corrected chi connectivity index (χ1v) is 10.6. The molecule has 2 atom stereocenters. The van der Waals surface area contributed by atoms with Crippen LogP contribution >= 0.6 is 0 Å². The topological polar surface area (TPSA) is 109 Å². The Bertz CT molecular complexity index is 1020. The Kier molecular flexibility index (Phi) is 7.14. The van der Waals surface area contributed by atoms with Gasteiger partial charge in [0, 0.05) is 6.42 Å². The molecular weight excluding hydrogens is 440 g/mol.